The molecule has 0 aliphatic heterocycles. The van der Waals surface area contributed by atoms with Gasteiger partial charge in [0, 0.05) is 15.7 Å². The first-order valence-electron chi connectivity index (χ1n) is 8.74. The number of hydrogen-bond donors (Lipinski definition) is 0. The number of fused-ring (bicyclic) bond motifs is 1. The van der Waals surface area contributed by atoms with Crippen molar-refractivity contribution in [3.05, 3.63) is 53.1 Å². The minimum absolute atomic E-state index is 0.0844. The van der Waals surface area contributed by atoms with E-state index in [4.69, 9.17) is 4.74 Å². The van der Waals surface area contributed by atoms with Crippen LogP contribution in [0.2, 0.25) is 0 Å². The number of ether oxygens (including phenoxy) is 1. The van der Waals surface area contributed by atoms with Crippen LogP contribution >= 0.6 is 15.9 Å². The van der Waals surface area contributed by atoms with E-state index in [-0.39, 0.29) is 6.54 Å². The average Bonchev–Trinajstić information content (AvgIpc) is 2.64. The number of benzene rings is 2. The number of carbonyl (C=O) groups is 2. The Morgan fingerprint density at radius 2 is 1.86 bits per heavy atom. The predicted octanol–water partition coefficient (Wildman–Crippen LogP) is 5.00. The zero-order valence-corrected chi connectivity index (χ0v) is 17.4. The fourth-order valence-electron chi connectivity index (χ4n) is 2.61. The van der Waals surface area contributed by atoms with Gasteiger partial charge in [0.1, 0.15) is 11.9 Å². The highest BCUT2D eigenvalue weighted by Crippen LogP contribution is 2.25. The lowest BCUT2D eigenvalue weighted by molar-refractivity contribution is -0.106. The summed E-state index contributed by atoms with van der Waals surface area (Å²) in [5.74, 6) is 0. The molecule has 0 aliphatic carbocycles. The molecule has 0 radical (unpaired) electrons. The van der Waals surface area contributed by atoms with Gasteiger partial charge in [-0.25, -0.2) is 9.78 Å². The van der Waals surface area contributed by atoms with Gasteiger partial charge in [-0.15, -0.1) is 0 Å². The third kappa shape index (κ3) is 4.72. The highest BCUT2D eigenvalue weighted by molar-refractivity contribution is 9.10. The van der Waals surface area contributed by atoms with Crippen LogP contribution in [-0.2, 0) is 9.53 Å². The zero-order chi connectivity index (χ0) is 20.3. The van der Waals surface area contributed by atoms with E-state index < -0.39 is 11.7 Å². The largest absolute Gasteiger partial charge is 0.443 e. The van der Waals surface area contributed by atoms with Crippen LogP contribution in [0.5, 0.6) is 0 Å². The maximum Gasteiger partial charge on any atom is 0.415 e. The van der Waals surface area contributed by atoms with E-state index >= 15 is 0 Å². The molecule has 1 amide bonds. The number of rotatable bonds is 4. The van der Waals surface area contributed by atoms with Gasteiger partial charge < -0.3 is 9.53 Å². The molecule has 28 heavy (non-hydrogen) atoms. The first-order valence-corrected chi connectivity index (χ1v) is 9.53. The van der Waals surface area contributed by atoms with Crippen LogP contribution in [-0.4, -0.2) is 34.5 Å². The average molecular weight is 442 g/mol. The Bertz CT molecular complexity index is 1010. The van der Waals surface area contributed by atoms with E-state index in [9.17, 15) is 9.59 Å². The van der Waals surface area contributed by atoms with Crippen LogP contribution in [0.4, 0.5) is 10.5 Å². The number of nitrogens with zero attached hydrogens (tertiary/aromatic N) is 3. The molecule has 0 aliphatic rings. The van der Waals surface area contributed by atoms with E-state index in [1.54, 1.807) is 39.1 Å². The van der Waals surface area contributed by atoms with Gasteiger partial charge >= 0.3 is 6.09 Å². The van der Waals surface area contributed by atoms with Crippen LogP contribution in [0.1, 0.15) is 20.8 Å². The number of amides is 1. The molecule has 0 saturated carbocycles. The second-order valence-electron chi connectivity index (χ2n) is 7.19. The Balaban J connectivity index is 1.88. The molecule has 0 atom stereocenters. The third-order valence-corrected chi connectivity index (χ3v) is 4.34. The minimum atomic E-state index is -0.645. The van der Waals surface area contributed by atoms with Gasteiger partial charge in [-0.2, -0.15) is 0 Å². The zero-order valence-electron chi connectivity index (χ0n) is 15.8. The Labute approximate surface area is 171 Å². The Kier molecular flexibility index (Phi) is 5.74. The number of carbonyl (C=O) groups excluding carboxylic acids is 2. The normalized spacial score (nSPS) is 11.3. The van der Waals surface area contributed by atoms with E-state index in [0.29, 0.717) is 12.0 Å². The summed E-state index contributed by atoms with van der Waals surface area (Å²) >= 11 is 3.42. The van der Waals surface area contributed by atoms with Crippen LogP contribution in [0, 0.1) is 0 Å². The summed E-state index contributed by atoms with van der Waals surface area (Å²) in [6, 6.07) is 12.9. The molecule has 1 aromatic heterocycles. The summed E-state index contributed by atoms with van der Waals surface area (Å²) in [5.41, 5.74) is 3.10. The van der Waals surface area contributed by atoms with Gasteiger partial charge in [0.05, 0.1) is 29.5 Å². The lowest BCUT2D eigenvalue weighted by Gasteiger charge is -2.26. The van der Waals surface area contributed by atoms with Crippen LogP contribution in [0.15, 0.2) is 53.1 Å². The summed E-state index contributed by atoms with van der Waals surface area (Å²) < 4.78 is 6.33. The van der Waals surface area contributed by atoms with Gasteiger partial charge in [0.15, 0.2) is 0 Å². The van der Waals surface area contributed by atoms with Crippen molar-refractivity contribution in [1.29, 1.82) is 0 Å². The summed E-state index contributed by atoms with van der Waals surface area (Å²) in [4.78, 5) is 33.8. The van der Waals surface area contributed by atoms with Crippen molar-refractivity contribution in [2.45, 2.75) is 26.4 Å². The monoisotopic (exact) mass is 441 g/mol. The topological polar surface area (TPSA) is 72.4 Å². The highest BCUT2D eigenvalue weighted by atomic mass is 79.9. The molecule has 144 valence electrons. The minimum Gasteiger partial charge on any atom is -0.443 e. The smallest absolute Gasteiger partial charge is 0.415 e. The fourth-order valence-corrected chi connectivity index (χ4v) is 2.96. The maximum atomic E-state index is 12.4. The molecule has 3 rings (SSSR count). The molecule has 1 heterocycles. The molecule has 2 aromatic carbocycles. The standard InChI is InChI=1S/C21H20BrN3O3/c1-21(2,3)28-20(27)25(10-11-26)16-7-4-14(5-8-16)19-13-23-18-12-15(22)6-9-17(18)24-19/h4-9,11-13H,10H2,1-3H3. The van der Waals surface area contributed by atoms with E-state index in [1.165, 1.54) is 4.90 Å². The molecule has 7 heteroatoms. The van der Waals surface area contributed by atoms with Crippen LogP contribution in [0.25, 0.3) is 22.3 Å². The molecule has 0 bridgehead atoms. The summed E-state index contributed by atoms with van der Waals surface area (Å²) in [7, 11) is 0. The Morgan fingerprint density at radius 1 is 1.14 bits per heavy atom. The summed E-state index contributed by atoms with van der Waals surface area (Å²) in [6.45, 7) is 5.26. The van der Waals surface area contributed by atoms with Gasteiger partial charge in [-0.1, -0.05) is 28.1 Å². The molecule has 0 unspecified atom stereocenters. The molecule has 3 aromatic rings. The molecule has 0 spiro atoms. The first kappa shape index (κ1) is 19.9. The number of anilines is 1. The van der Waals surface area contributed by atoms with Crippen molar-refractivity contribution >= 4 is 45.0 Å². The van der Waals surface area contributed by atoms with Crippen molar-refractivity contribution in [3.63, 3.8) is 0 Å². The Morgan fingerprint density at radius 3 is 2.50 bits per heavy atom. The number of hydrogen-bond acceptors (Lipinski definition) is 5. The maximum absolute atomic E-state index is 12.4. The highest BCUT2D eigenvalue weighted by Gasteiger charge is 2.23. The van der Waals surface area contributed by atoms with Gasteiger partial charge in [0.25, 0.3) is 0 Å². The van der Waals surface area contributed by atoms with Crippen molar-refractivity contribution in [1.82, 2.24) is 9.97 Å². The van der Waals surface area contributed by atoms with Crippen molar-refractivity contribution in [2.75, 3.05) is 11.4 Å². The quantitative estimate of drug-likeness (QED) is 0.532. The molecular formula is C21H20BrN3O3. The lowest BCUT2D eigenvalue weighted by atomic mass is 10.1. The third-order valence-electron chi connectivity index (χ3n) is 3.85. The molecule has 0 fully saturated rings. The van der Waals surface area contributed by atoms with Crippen molar-refractivity contribution < 1.29 is 14.3 Å². The van der Waals surface area contributed by atoms with Gasteiger partial charge in [0.2, 0.25) is 0 Å². The predicted molar refractivity (Wildman–Crippen MR) is 112 cm³/mol. The van der Waals surface area contributed by atoms with E-state index in [1.807, 2.05) is 30.3 Å². The molecule has 6 nitrogen and oxygen atoms in total. The number of halogens is 1. The summed E-state index contributed by atoms with van der Waals surface area (Å²) in [6.07, 6.45) is 1.81. The van der Waals surface area contributed by atoms with Gasteiger partial charge in [-0.05, 0) is 51.1 Å². The second-order valence-corrected chi connectivity index (χ2v) is 8.11. The molecule has 0 N–H and O–H groups in total. The van der Waals surface area contributed by atoms with E-state index in [2.05, 4.69) is 25.9 Å². The number of aromatic nitrogens is 2. The fraction of sp³-hybridized carbons (Fsp3) is 0.238. The number of aldehydes is 1. The van der Waals surface area contributed by atoms with Crippen LogP contribution in [0.3, 0.4) is 0 Å². The molecule has 0 saturated heterocycles. The van der Waals surface area contributed by atoms with Crippen molar-refractivity contribution in [3.8, 4) is 11.3 Å². The second kappa shape index (κ2) is 8.06. The Hall–Kier alpha value is -2.80. The lowest BCUT2D eigenvalue weighted by Crippen LogP contribution is -2.38. The summed E-state index contributed by atoms with van der Waals surface area (Å²) in [5, 5.41) is 0. The SMILES string of the molecule is CC(C)(C)OC(=O)N(CC=O)c1ccc(-c2cnc3cc(Br)ccc3n2)cc1. The van der Waals surface area contributed by atoms with Crippen molar-refractivity contribution in [2.24, 2.45) is 0 Å². The van der Waals surface area contributed by atoms with Crippen LogP contribution < -0.4 is 4.90 Å². The van der Waals surface area contributed by atoms with E-state index in [0.717, 1.165) is 26.8 Å². The van der Waals surface area contributed by atoms with Gasteiger partial charge in [-0.3, -0.25) is 9.88 Å². The first-order chi connectivity index (χ1) is 13.3. The molecular weight excluding hydrogens is 422 g/mol.